The Bertz CT molecular complexity index is 1300. The van der Waals surface area contributed by atoms with Crippen molar-refractivity contribution < 1.29 is 14.2 Å². The Balaban J connectivity index is 1.68. The van der Waals surface area contributed by atoms with Gasteiger partial charge in [-0.2, -0.15) is 4.68 Å². The number of carbonyl (C=O) groups is 1. The Labute approximate surface area is 186 Å². The normalized spacial score (nSPS) is 10.6. The minimum Gasteiger partial charge on any atom is -0.497 e. The van der Waals surface area contributed by atoms with Gasteiger partial charge >= 0.3 is 0 Å². The number of halogens is 1. The quantitative estimate of drug-likeness (QED) is 0.360. The highest BCUT2D eigenvalue weighted by atomic mass is 35.5. The Morgan fingerprint density at radius 3 is 2.72 bits per heavy atom. The number of anilines is 1. The Hall–Kier alpha value is -4.38. The molecule has 0 aliphatic heterocycles. The standard InChI is InChI=1S/C20H17ClN8O3/c1-11(14-8-3-4-9-15(14)21)23-25-20(30)16-17(12-6-5-7-13(10-12)31-2)29(28-24-16)19-18(22)26-32-27-19/h3-10,23H,1H2,2H3,(H2,22,26)(H,25,30). The van der Waals surface area contributed by atoms with Gasteiger partial charge in [0.1, 0.15) is 11.4 Å². The van der Waals surface area contributed by atoms with Crippen LogP contribution >= 0.6 is 11.6 Å². The minimum absolute atomic E-state index is 0.0138. The molecule has 2 aromatic heterocycles. The molecule has 0 bridgehead atoms. The number of nitrogen functional groups attached to an aromatic ring is 1. The molecule has 0 atom stereocenters. The minimum atomic E-state index is -0.586. The highest BCUT2D eigenvalue weighted by Crippen LogP contribution is 2.29. The number of hydrazine groups is 1. The number of carbonyl (C=O) groups excluding carboxylic acids is 1. The molecule has 0 aliphatic rings. The second kappa shape index (κ2) is 8.78. The van der Waals surface area contributed by atoms with E-state index in [0.29, 0.717) is 33.3 Å². The van der Waals surface area contributed by atoms with E-state index in [-0.39, 0.29) is 17.3 Å². The summed E-state index contributed by atoms with van der Waals surface area (Å²) in [6, 6.07) is 14.1. The topological polar surface area (TPSA) is 146 Å². The molecule has 162 valence electrons. The third kappa shape index (κ3) is 3.96. The Kier molecular flexibility index (Phi) is 5.73. The number of rotatable bonds is 7. The number of hydrogen-bond donors (Lipinski definition) is 3. The first-order chi connectivity index (χ1) is 15.5. The average molecular weight is 453 g/mol. The van der Waals surface area contributed by atoms with E-state index in [0.717, 1.165) is 0 Å². The van der Waals surface area contributed by atoms with Crippen LogP contribution in [0.5, 0.6) is 5.75 Å². The van der Waals surface area contributed by atoms with E-state index in [4.69, 9.17) is 22.1 Å². The number of amides is 1. The molecule has 4 N–H and O–H groups in total. The molecule has 32 heavy (non-hydrogen) atoms. The van der Waals surface area contributed by atoms with Crippen molar-refractivity contribution in [3.8, 4) is 22.8 Å². The van der Waals surface area contributed by atoms with Crippen LogP contribution in [0.15, 0.2) is 59.7 Å². The van der Waals surface area contributed by atoms with Crippen molar-refractivity contribution in [3.63, 3.8) is 0 Å². The average Bonchev–Trinajstić information content (AvgIpc) is 3.43. The maximum atomic E-state index is 13.0. The van der Waals surface area contributed by atoms with Gasteiger partial charge in [0.05, 0.1) is 12.8 Å². The Morgan fingerprint density at radius 2 is 2.00 bits per heavy atom. The number of hydrogen-bond acceptors (Lipinski definition) is 9. The van der Waals surface area contributed by atoms with Gasteiger partial charge in [-0.3, -0.25) is 15.6 Å². The summed E-state index contributed by atoms with van der Waals surface area (Å²) in [5, 5.41) is 15.8. The van der Waals surface area contributed by atoms with Crippen LogP contribution in [0.2, 0.25) is 5.02 Å². The molecule has 0 saturated carbocycles. The zero-order valence-corrected chi connectivity index (χ0v) is 17.5. The molecule has 0 fully saturated rings. The van der Waals surface area contributed by atoms with Crippen molar-refractivity contribution in [1.82, 2.24) is 36.2 Å². The number of nitrogens with one attached hydrogen (secondary N) is 2. The van der Waals surface area contributed by atoms with E-state index in [1.165, 1.54) is 11.8 Å². The van der Waals surface area contributed by atoms with Gasteiger partial charge in [-0.1, -0.05) is 53.7 Å². The molecule has 0 unspecified atom stereocenters. The number of benzene rings is 2. The van der Waals surface area contributed by atoms with Gasteiger partial charge < -0.3 is 10.5 Å². The van der Waals surface area contributed by atoms with Gasteiger partial charge in [0, 0.05) is 16.1 Å². The number of nitrogens with zero attached hydrogens (tertiary/aromatic N) is 5. The summed E-state index contributed by atoms with van der Waals surface area (Å²) in [6.07, 6.45) is 0. The van der Waals surface area contributed by atoms with Crippen LogP contribution in [0, 0.1) is 0 Å². The molecule has 0 radical (unpaired) electrons. The molecular formula is C20H17ClN8O3. The zero-order chi connectivity index (χ0) is 22.7. The highest BCUT2D eigenvalue weighted by Gasteiger charge is 2.25. The smallest absolute Gasteiger partial charge is 0.292 e. The van der Waals surface area contributed by atoms with Crippen molar-refractivity contribution in [2.75, 3.05) is 12.8 Å². The second-order valence-electron chi connectivity index (χ2n) is 6.44. The van der Waals surface area contributed by atoms with Crippen LogP contribution in [0.1, 0.15) is 16.1 Å². The molecule has 2 aromatic carbocycles. The SMILES string of the molecule is C=C(NNC(=O)c1nnn(-c2nonc2N)c1-c1cccc(OC)c1)c1ccccc1Cl. The van der Waals surface area contributed by atoms with Gasteiger partial charge in [-0.15, -0.1) is 5.10 Å². The van der Waals surface area contributed by atoms with Crippen molar-refractivity contribution in [2.45, 2.75) is 0 Å². The fourth-order valence-electron chi connectivity index (χ4n) is 2.91. The molecule has 11 nitrogen and oxygen atoms in total. The van der Waals surface area contributed by atoms with Crippen molar-refractivity contribution in [2.24, 2.45) is 0 Å². The molecule has 2 heterocycles. The van der Waals surface area contributed by atoms with Crippen LogP contribution in [-0.4, -0.2) is 38.3 Å². The summed E-state index contributed by atoms with van der Waals surface area (Å²) in [5.41, 5.74) is 13.0. The molecule has 4 aromatic rings. The monoisotopic (exact) mass is 452 g/mol. The van der Waals surface area contributed by atoms with E-state index in [9.17, 15) is 4.79 Å². The number of methoxy groups -OCH3 is 1. The van der Waals surface area contributed by atoms with Gasteiger partial charge in [0.25, 0.3) is 5.91 Å². The summed E-state index contributed by atoms with van der Waals surface area (Å²) in [6.45, 7) is 3.90. The third-order valence-corrected chi connectivity index (χ3v) is 4.78. The highest BCUT2D eigenvalue weighted by molar-refractivity contribution is 6.32. The third-order valence-electron chi connectivity index (χ3n) is 4.45. The van der Waals surface area contributed by atoms with E-state index in [1.807, 2.05) is 0 Å². The first-order valence-corrected chi connectivity index (χ1v) is 9.56. The lowest BCUT2D eigenvalue weighted by atomic mass is 10.1. The lowest BCUT2D eigenvalue weighted by molar-refractivity contribution is 0.0938. The lowest BCUT2D eigenvalue weighted by Gasteiger charge is -2.12. The number of ether oxygens (including phenoxy) is 1. The molecule has 0 aliphatic carbocycles. The molecule has 4 rings (SSSR count). The van der Waals surface area contributed by atoms with E-state index in [2.05, 4.69) is 42.7 Å². The maximum absolute atomic E-state index is 13.0. The van der Waals surface area contributed by atoms with E-state index in [1.54, 1.807) is 48.5 Å². The fraction of sp³-hybridized carbons (Fsp3) is 0.0500. The van der Waals surface area contributed by atoms with Crippen LogP contribution in [-0.2, 0) is 0 Å². The predicted octanol–water partition coefficient (Wildman–Crippen LogP) is 2.47. The molecule has 12 heteroatoms. The van der Waals surface area contributed by atoms with Crippen LogP contribution in [0.4, 0.5) is 5.82 Å². The summed E-state index contributed by atoms with van der Waals surface area (Å²) >= 11 is 6.18. The van der Waals surface area contributed by atoms with Gasteiger partial charge in [-0.05, 0) is 28.5 Å². The molecular weight excluding hydrogens is 436 g/mol. The zero-order valence-electron chi connectivity index (χ0n) is 16.7. The van der Waals surface area contributed by atoms with Crippen LogP contribution < -0.4 is 21.3 Å². The van der Waals surface area contributed by atoms with E-state index >= 15 is 0 Å². The van der Waals surface area contributed by atoms with Crippen molar-refractivity contribution in [1.29, 1.82) is 0 Å². The molecule has 0 saturated heterocycles. The summed E-state index contributed by atoms with van der Waals surface area (Å²) in [5.74, 6) is 0.0504. The lowest BCUT2D eigenvalue weighted by Crippen LogP contribution is -2.36. The van der Waals surface area contributed by atoms with Crippen LogP contribution in [0.3, 0.4) is 0 Å². The number of nitrogens with two attached hydrogens (primary N) is 1. The predicted molar refractivity (Wildman–Crippen MR) is 117 cm³/mol. The van der Waals surface area contributed by atoms with Gasteiger partial charge in [0.15, 0.2) is 5.69 Å². The van der Waals surface area contributed by atoms with Gasteiger partial charge in [0.2, 0.25) is 11.6 Å². The van der Waals surface area contributed by atoms with Crippen LogP contribution in [0.25, 0.3) is 22.8 Å². The summed E-state index contributed by atoms with van der Waals surface area (Å²) < 4.78 is 11.2. The first kappa shape index (κ1) is 20.9. The largest absolute Gasteiger partial charge is 0.497 e. The van der Waals surface area contributed by atoms with Crippen molar-refractivity contribution in [3.05, 3.63) is 71.4 Å². The maximum Gasteiger partial charge on any atom is 0.292 e. The summed E-state index contributed by atoms with van der Waals surface area (Å²) in [7, 11) is 1.53. The van der Waals surface area contributed by atoms with E-state index < -0.39 is 5.91 Å². The Morgan fingerprint density at radius 1 is 1.19 bits per heavy atom. The first-order valence-electron chi connectivity index (χ1n) is 9.18. The molecule has 1 amide bonds. The van der Waals surface area contributed by atoms with Crippen molar-refractivity contribution >= 4 is 29.0 Å². The molecule has 0 spiro atoms. The fourth-order valence-corrected chi connectivity index (χ4v) is 3.16. The number of aromatic nitrogens is 5. The van der Waals surface area contributed by atoms with Gasteiger partial charge in [-0.25, -0.2) is 4.63 Å². The summed E-state index contributed by atoms with van der Waals surface area (Å²) in [4.78, 5) is 13.0. The second-order valence-corrected chi connectivity index (χ2v) is 6.85.